The number of carbonyl (C=O) groups is 1. The molecular formula is C14H16N2O2. The molecule has 0 atom stereocenters. The van der Waals surface area contributed by atoms with Crippen LogP contribution in [0.4, 0.5) is 4.79 Å². The summed E-state index contributed by atoms with van der Waals surface area (Å²) in [5, 5.41) is 1.31. The molecule has 0 unspecified atom stereocenters. The van der Waals surface area contributed by atoms with Gasteiger partial charge in [0.2, 0.25) is 0 Å². The van der Waals surface area contributed by atoms with Crippen LogP contribution in [0.15, 0.2) is 24.3 Å². The summed E-state index contributed by atoms with van der Waals surface area (Å²) in [6.07, 6.45) is 0.650. The molecule has 4 heteroatoms. The number of aryl methyl sites for hydroxylation is 1. The molecule has 0 saturated heterocycles. The topological polar surface area (TPSA) is 34.5 Å². The molecule has 4 nitrogen and oxygen atoms in total. The lowest BCUT2D eigenvalue weighted by Gasteiger charge is -2.26. The zero-order valence-electron chi connectivity index (χ0n) is 10.6. The molecule has 0 fully saturated rings. The number of hydrogen-bond acceptors (Lipinski definition) is 2. The lowest BCUT2D eigenvalue weighted by Crippen LogP contribution is -2.36. The van der Waals surface area contributed by atoms with Gasteiger partial charge in [0, 0.05) is 30.2 Å². The first-order chi connectivity index (χ1) is 8.72. The highest BCUT2D eigenvalue weighted by Crippen LogP contribution is 2.29. The van der Waals surface area contributed by atoms with E-state index in [4.69, 9.17) is 4.74 Å². The molecule has 0 aliphatic carbocycles. The van der Waals surface area contributed by atoms with Gasteiger partial charge in [0.15, 0.2) is 0 Å². The number of rotatable bonds is 0. The molecule has 0 N–H and O–H groups in total. The van der Waals surface area contributed by atoms with E-state index in [-0.39, 0.29) is 6.09 Å². The highest BCUT2D eigenvalue weighted by molar-refractivity contribution is 5.86. The van der Waals surface area contributed by atoms with Crippen molar-refractivity contribution in [3.63, 3.8) is 0 Å². The van der Waals surface area contributed by atoms with Crippen molar-refractivity contribution in [3.05, 3.63) is 35.5 Å². The normalized spacial score (nSPS) is 14.7. The maximum atomic E-state index is 11.6. The summed E-state index contributed by atoms with van der Waals surface area (Å²) in [5.74, 6) is 0. The van der Waals surface area contributed by atoms with Gasteiger partial charge < -0.3 is 14.2 Å². The summed E-state index contributed by atoms with van der Waals surface area (Å²) in [6, 6.07) is 8.39. The van der Waals surface area contributed by atoms with Crippen molar-refractivity contribution in [1.29, 1.82) is 0 Å². The predicted molar refractivity (Wildman–Crippen MR) is 69.4 cm³/mol. The molecule has 0 spiro atoms. The van der Waals surface area contributed by atoms with Crippen molar-refractivity contribution in [2.24, 2.45) is 7.05 Å². The van der Waals surface area contributed by atoms with Crippen LogP contribution >= 0.6 is 0 Å². The van der Waals surface area contributed by atoms with E-state index in [1.165, 1.54) is 29.3 Å². The molecular weight excluding hydrogens is 228 g/mol. The molecule has 18 heavy (non-hydrogen) atoms. The number of para-hydroxylation sites is 1. The van der Waals surface area contributed by atoms with Crippen molar-refractivity contribution in [2.75, 3.05) is 13.7 Å². The smallest absolute Gasteiger partial charge is 0.409 e. The van der Waals surface area contributed by atoms with Gasteiger partial charge in [-0.2, -0.15) is 0 Å². The average molecular weight is 244 g/mol. The van der Waals surface area contributed by atoms with Gasteiger partial charge in [-0.1, -0.05) is 18.2 Å². The molecule has 0 bridgehead atoms. The van der Waals surface area contributed by atoms with E-state index in [0.29, 0.717) is 6.54 Å². The van der Waals surface area contributed by atoms with E-state index in [9.17, 15) is 4.79 Å². The molecule has 1 aromatic heterocycles. The van der Waals surface area contributed by atoms with Crippen LogP contribution in [-0.4, -0.2) is 29.2 Å². The summed E-state index contributed by atoms with van der Waals surface area (Å²) in [7, 11) is 3.49. The fourth-order valence-electron chi connectivity index (χ4n) is 2.80. The van der Waals surface area contributed by atoms with Crippen molar-refractivity contribution in [3.8, 4) is 0 Å². The Morgan fingerprint density at radius 2 is 2.11 bits per heavy atom. The summed E-state index contributed by atoms with van der Waals surface area (Å²) in [4.78, 5) is 13.3. The molecule has 1 amide bonds. The van der Waals surface area contributed by atoms with Crippen molar-refractivity contribution in [1.82, 2.24) is 9.47 Å². The fraction of sp³-hybridized carbons (Fsp3) is 0.357. The standard InChI is InChI=1S/C14H16N2O2/c1-15-12-6-4-3-5-10(12)11-7-8-16(9-13(11)15)14(17)18-2/h3-6H,7-9H2,1-2H3. The number of benzene rings is 1. The Hall–Kier alpha value is -1.97. The van der Waals surface area contributed by atoms with Crippen LogP contribution in [0.5, 0.6) is 0 Å². The van der Waals surface area contributed by atoms with E-state index in [1.54, 1.807) is 4.90 Å². The number of methoxy groups -OCH3 is 1. The quantitative estimate of drug-likeness (QED) is 0.712. The minimum Gasteiger partial charge on any atom is -0.453 e. The molecule has 2 aromatic rings. The number of nitrogens with zero attached hydrogens (tertiary/aromatic N) is 2. The van der Waals surface area contributed by atoms with E-state index >= 15 is 0 Å². The lowest BCUT2D eigenvalue weighted by atomic mass is 10.0. The zero-order valence-corrected chi connectivity index (χ0v) is 10.6. The highest BCUT2D eigenvalue weighted by atomic mass is 16.5. The van der Waals surface area contributed by atoms with E-state index in [1.807, 2.05) is 6.07 Å². The first kappa shape index (κ1) is 11.1. The molecule has 0 saturated carbocycles. The average Bonchev–Trinajstić information content (AvgIpc) is 2.72. The van der Waals surface area contributed by atoms with Gasteiger partial charge in [-0.25, -0.2) is 4.79 Å². The van der Waals surface area contributed by atoms with Crippen molar-refractivity contribution >= 4 is 17.0 Å². The molecule has 2 heterocycles. The Bertz CT molecular complexity index is 616. The number of carbonyl (C=O) groups excluding carboxylic acids is 1. The van der Waals surface area contributed by atoms with Crippen LogP contribution in [0.1, 0.15) is 11.3 Å². The van der Waals surface area contributed by atoms with Gasteiger partial charge in [-0.05, 0) is 18.1 Å². The van der Waals surface area contributed by atoms with Gasteiger partial charge in [-0.15, -0.1) is 0 Å². The van der Waals surface area contributed by atoms with Gasteiger partial charge >= 0.3 is 6.09 Å². The molecule has 0 radical (unpaired) electrons. The number of ether oxygens (including phenoxy) is 1. The first-order valence-electron chi connectivity index (χ1n) is 6.10. The maximum absolute atomic E-state index is 11.6. The Labute approximate surface area is 106 Å². The maximum Gasteiger partial charge on any atom is 0.409 e. The number of amides is 1. The predicted octanol–water partition coefficient (Wildman–Crippen LogP) is 2.30. The minimum absolute atomic E-state index is 0.245. The Morgan fingerprint density at radius 1 is 1.33 bits per heavy atom. The van der Waals surface area contributed by atoms with Crippen LogP contribution in [-0.2, 0) is 24.8 Å². The molecule has 3 rings (SSSR count). The SMILES string of the molecule is COC(=O)N1CCc2c(n(C)c3ccccc23)C1. The third kappa shape index (κ3) is 1.49. The van der Waals surface area contributed by atoms with Crippen LogP contribution in [0.25, 0.3) is 10.9 Å². The van der Waals surface area contributed by atoms with E-state index in [0.717, 1.165) is 13.0 Å². The Balaban J connectivity index is 2.09. The molecule has 1 aliphatic rings. The first-order valence-corrected chi connectivity index (χ1v) is 6.10. The third-order valence-corrected chi connectivity index (χ3v) is 3.75. The second kappa shape index (κ2) is 4.05. The second-order valence-corrected chi connectivity index (χ2v) is 4.64. The van der Waals surface area contributed by atoms with Gasteiger partial charge in [-0.3, -0.25) is 0 Å². The number of hydrogen-bond donors (Lipinski definition) is 0. The van der Waals surface area contributed by atoms with Crippen LogP contribution in [0, 0.1) is 0 Å². The van der Waals surface area contributed by atoms with Crippen molar-refractivity contribution < 1.29 is 9.53 Å². The highest BCUT2D eigenvalue weighted by Gasteiger charge is 2.25. The third-order valence-electron chi connectivity index (χ3n) is 3.75. The van der Waals surface area contributed by atoms with Gasteiger partial charge in [0.25, 0.3) is 0 Å². The summed E-state index contributed by atoms with van der Waals surface area (Å²) >= 11 is 0. The molecule has 94 valence electrons. The zero-order chi connectivity index (χ0) is 12.7. The van der Waals surface area contributed by atoms with Crippen LogP contribution < -0.4 is 0 Å². The minimum atomic E-state index is -0.245. The monoisotopic (exact) mass is 244 g/mol. The fourth-order valence-corrected chi connectivity index (χ4v) is 2.80. The Kier molecular flexibility index (Phi) is 2.51. The van der Waals surface area contributed by atoms with Gasteiger partial charge in [0.1, 0.15) is 0 Å². The lowest BCUT2D eigenvalue weighted by molar-refractivity contribution is 0.117. The summed E-state index contributed by atoms with van der Waals surface area (Å²) in [6.45, 7) is 1.36. The van der Waals surface area contributed by atoms with Crippen LogP contribution in [0.3, 0.4) is 0 Å². The van der Waals surface area contributed by atoms with E-state index < -0.39 is 0 Å². The number of fused-ring (bicyclic) bond motifs is 3. The molecule has 1 aliphatic heterocycles. The Morgan fingerprint density at radius 3 is 2.89 bits per heavy atom. The largest absolute Gasteiger partial charge is 0.453 e. The van der Waals surface area contributed by atoms with Gasteiger partial charge in [0.05, 0.1) is 13.7 Å². The summed E-state index contributed by atoms with van der Waals surface area (Å²) < 4.78 is 6.98. The summed E-state index contributed by atoms with van der Waals surface area (Å²) in [5.41, 5.74) is 3.82. The van der Waals surface area contributed by atoms with Crippen LogP contribution in [0.2, 0.25) is 0 Å². The number of aromatic nitrogens is 1. The van der Waals surface area contributed by atoms with E-state index in [2.05, 4.69) is 29.8 Å². The van der Waals surface area contributed by atoms with Crippen molar-refractivity contribution in [2.45, 2.75) is 13.0 Å². The second-order valence-electron chi connectivity index (χ2n) is 4.64. The molecule has 1 aromatic carbocycles.